The van der Waals surface area contributed by atoms with Crippen molar-refractivity contribution in [2.45, 2.75) is 71.8 Å². The number of hydrogen-bond donors (Lipinski definition) is 2. The Balaban J connectivity index is 2.37. The molecule has 0 aliphatic heterocycles. The summed E-state index contributed by atoms with van der Waals surface area (Å²) >= 11 is 0. The van der Waals surface area contributed by atoms with E-state index in [1.54, 1.807) is 0 Å². The van der Waals surface area contributed by atoms with Crippen molar-refractivity contribution in [2.24, 2.45) is 5.41 Å². The highest BCUT2D eigenvalue weighted by molar-refractivity contribution is 5.44. The summed E-state index contributed by atoms with van der Waals surface area (Å²) in [4.78, 5) is 4.72. The van der Waals surface area contributed by atoms with Crippen LogP contribution in [0.5, 0.6) is 0 Å². The van der Waals surface area contributed by atoms with Gasteiger partial charge in [-0.15, -0.1) is 0 Å². The molecule has 6 heteroatoms. The second kappa shape index (κ2) is 8.84. The Labute approximate surface area is 170 Å². The van der Waals surface area contributed by atoms with E-state index in [1.165, 1.54) is 6.08 Å². The molecule has 1 aliphatic rings. The van der Waals surface area contributed by atoms with Gasteiger partial charge < -0.3 is 10.2 Å². The van der Waals surface area contributed by atoms with Crippen molar-refractivity contribution in [3.8, 4) is 0 Å². The zero-order chi connectivity index (χ0) is 22.0. The molecule has 1 heterocycles. The molecule has 0 fully saturated rings. The lowest BCUT2D eigenvalue weighted by molar-refractivity contribution is -0.0882. The number of halogens is 3. The summed E-state index contributed by atoms with van der Waals surface area (Å²) < 4.78 is 38.9. The molecule has 0 amide bonds. The van der Waals surface area contributed by atoms with Crippen LogP contribution >= 0.6 is 0 Å². The molecule has 2 unspecified atom stereocenters. The van der Waals surface area contributed by atoms with Crippen LogP contribution in [0.1, 0.15) is 73.9 Å². The molecule has 160 valence electrons. The van der Waals surface area contributed by atoms with Crippen molar-refractivity contribution >= 4 is 0 Å². The highest BCUT2D eigenvalue weighted by Crippen LogP contribution is 2.43. The Bertz CT molecular complexity index is 822. The maximum absolute atomic E-state index is 13.0. The lowest BCUT2D eigenvalue weighted by Crippen LogP contribution is -2.28. The van der Waals surface area contributed by atoms with Crippen molar-refractivity contribution in [3.63, 3.8) is 0 Å². The lowest BCUT2D eigenvalue weighted by Gasteiger charge is -2.36. The smallest absolute Gasteiger partial charge is 0.388 e. The van der Waals surface area contributed by atoms with E-state index in [2.05, 4.69) is 20.4 Å². The molecule has 0 saturated heterocycles. The maximum atomic E-state index is 13.0. The molecule has 1 aromatic heterocycles. The number of aryl methyl sites for hydroxylation is 1. The molecule has 0 bridgehead atoms. The molecule has 29 heavy (non-hydrogen) atoms. The number of aromatic nitrogens is 1. The third kappa shape index (κ3) is 5.37. The Morgan fingerprint density at radius 1 is 1.38 bits per heavy atom. The average Bonchev–Trinajstić information content (AvgIpc) is 2.57. The summed E-state index contributed by atoms with van der Waals surface area (Å²) in [6.07, 6.45) is 0.0371. The van der Waals surface area contributed by atoms with Crippen molar-refractivity contribution in [2.75, 3.05) is 0 Å². The fourth-order valence-electron chi connectivity index (χ4n) is 4.11. The van der Waals surface area contributed by atoms with Gasteiger partial charge in [0, 0.05) is 22.5 Å². The van der Waals surface area contributed by atoms with E-state index >= 15 is 0 Å². The quantitative estimate of drug-likeness (QED) is 0.600. The minimum Gasteiger partial charge on any atom is -0.388 e. The lowest BCUT2D eigenvalue weighted by atomic mass is 9.73. The summed E-state index contributed by atoms with van der Waals surface area (Å²) in [6.45, 7) is 11.3. The van der Waals surface area contributed by atoms with Crippen LogP contribution < -0.4 is 0 Å². The van der Waals surface area contributed by atoms with Crippen molar-refractivity contribution < 1.29 is 23.4 Å². The molecule has 2 rings (SSSR count). The summed E-state index contributed by atoms with van der Waals surface area (Å²) in [6, 6.07) is 0. The fraction of sp³-hybridized carbons (Fsp3) is 0.522. The van der Waals surface area contributed by atoms with Gasteiger partial charge in [0.25, 0.3) is 0 Å². The predicted molar refractivity (Wildman–Crippen MR) is 108 cm³/mol. The average molecular weight is 409 g/mol. The normalized spacial score (nSPS) is 20.6. The number of aliphatic hydroxyl groups is 2. The molecule has 1 aliphatic carbocycles. The molecule has 2 atom stereocenters. The first-order valence-corrected chi connectivity index (χ1v) is 9.86. The van der Waals surface area contributed by atoms with E-state index in [-0.39, 0.29) is 11.8 Å². The second-order valence-electron chi connectivity index (χ2n) is 8.38. The number of alkyl halides is 3. The van der Waals surface area contributed by atoms with Gasteiger partial charge in [0.15, 0.2) is 0 Å². The van der Waals surface area contributed by atoms with Gasteiger partial charge in [-0.05, 0) is 43.6 Å². The standard InChI is InChI=1S/C23H30F3NO2/c1-6-9-15(23(24,25)26)10-8-11-18(28)20-14(3)21-17(27-16(20)7-2)12-22(4,5)13-19(21)29/h6,8-10,18-19,28-29H,1,7,11-13H2,2-5H3/b10-8-,15-9+. The SMILES string of the molecule is C=C/C=C(\C=C/CC(O)c1c(CC)nc2c(c1C)C(O)CC(C)(C)C2)C(F)(F)F. The van der Waals surface area contributed by atoms with Gasteiger partial charge in [-0.3, -0.25) is 4.98 Å². The summed E-state index contributed by atoms with van der Waals surface area (Å²) in [5.74, 6) is 0. The fourth-order valence-corrected chi connectivity index (χ4v) is 4.11. The van der Waals surface area contributed by atoms with Gasteiger partial charge >= 0.3 is 6.18 Å². The van der Waals surface area contributed by atoms with Gasteiger partial charge in [-0.25, -0.2) is 0 Å². The predicted octanol–water partition coefficient (Wildman–Crippen LogP) is 5.61. The zero-order valence-electron chi connectivity index (χ0n) is 17.5. The largest absolute Gasteiger partial charge is 0.416 e. The first kappa shape index (κ1) is 23.4. The molecular weight excluding hydrogens is 379 g/mol. The summed E-state index contributed by atoms with van der Waals surface area (Å²) in [7, 11) is 0. The van der Waals surface area contributed by atoms with Gasteiger partial charge in [0.2, 0.25) is 0 Å². The van der Waals surface area contributed by atoms with Gasteiger partial charge in [0.05, 0.1) is 17.8 Å². The molecule has 0 radical (unpaired) electrons. The van der Waals surface area contributed by atoms with Crippen LogP contribution in [0.2, 0.25) is 0 Å². The summed E-state index contributed by atoms with van der Waals surface area (Å²) in [5, 5.41) is 21.4. The summed E-state index contributed by atoms with van der Waals surface area (Å²) in [5.41, 5.74) is 2.83. The van der Waals surface area contributed by atoms with E-state index in [4.69, 9.17) is 4.98 Å². The topological polar surface area (TPSA) is 53.4 Å². The number of hydrogen-bond acceptors (Lipinski definition) is 3. The highest BCUT2D eigenvalue weighted by atomic mass is 19.4. The molecule has 1 aromatic rings. The first-order valence-electron chi connectivity index (χ1n) is 9.86. The van der Waals surface area contributed by atoms with Crippen molar-refractivity contribution in [3.05, 3.63) is 64.5 Å². The minimum absolute atomic E-state index is 0.0143. The van der Waals surface area contributed by atoms with Gasteiger partial charge in [0.1, 0.15) is 0 Å². The zero-order valence-corrected chi connectivity index (χ0v) is 17.5. The third-order valence-electron chi connectivity index (χ3n) is 5.37. The Morgan fingerprint density at radius 3 is 2.59 bits per heavy atom. The molecule has 0 aromatic carbocycles. The Morgan fingerprint density at radius 2 is 2.03 bits per heavy atom. The first-order chi connectivity index (χ1) is 13.4. The van der Waals surface area contributed by atoms with Crippen LogP contribution in [0, 0.1) is 12.3 Å². The van der Waals surface area contributed by atoms with E-state index in [9.17, 15) is 23.4 Å². The highest BCUT2D eigenvalue weighted by Gasteiger charge is 2.35. The number of rotatable bonds is 6. The van der Waals surface area contributed by atoms with Crippen LogP contribution in [0.25, 0.3) is 0 Å². The van der Waals surface area contributed by atoms with E-state index < -0.39 is 24.0 Å². The number of aliphatic hydroxyl groups excluding tert-OH is 2. The second-order valence-corrected chi connectivity index (χ2v) is 8.38. The molecule has 3 nitrogen and oxygen atoms in total. The van der Waals surface area contributed by atoms with Crippen molar-refractivity contribution in [1.82, 2.24) is 4.98 Å². The molecule has 0 spiro atoms. The van der Waals surface area contributed by atoms with Crippen molar-refractivity contribution in [1.29, 1.82) is 0 Å². The Kier molecular flexibility index (Phi) is 7.12. The molecular formula is C23H30F3NO2. The van der Waals surface area contributed by atoms with Gasteiger partial charge in [-0.1, -0.05) is 51.7 Å². The number of allylic oxidation sites excluding steroid dienone is 4. The van der Waals surface area contributed by atoms with Crippen LogP contribution in [0.15, 0.2) is 36.5 Å². The van der Waals surface area contributed by atoms with Crippen LogP contribution in [-0.2, 0) is 12.8 Å². The maximum Gasteiger partial charge on any atom is 0.416 e. The number of pyridine rings is 1. The van der Waals surface area contributed by atoms with Gasteiger partial charge in [-0.2, -0.15) is 13.2 Å². The molecule has 0 saturated carbocycles. The van der Waals surface area contributed by atoms with Crippen LogP contribution in [0.3, 0.4) is 0 Å². The number of fused-ring (bicyclic) bond motifs is 1. The van der Waals surface area contributed by atoms with Crippen LogP contribution in [0.4, 0.5) is 13.2 Å². The third-order valence-corrected chi connectivity index (χ3v) is 5.37. The van der Waals surface area contributed by atoms with Crippen LogP contribution in [-0.4, -0.2) is 21.4 Å². The Hall–Kier alpha value is -1.92. The van der Waals surface area contributed by atoms with E-state index in [0.29, 0.717) is 18.4 Å². The minimum atomic E-state index is -4.48. The monoisotopic (exact) mass is 409 g/mol. The van der Waals surface area contributed by atoms with E-state index in [1.807, 2.05) is 13.8 Å². The molecule has 2 N–H and O–H groups in total. The van der Waals surface area contributed by atoms with E-state index in [0.717, 1.165) is 47.2 Å². The number of nitrogens with zero attached hydrogens (tertiary/aromatic N) is 1.